The predicted molar refractivity (Wildman–Crippen MR) is 64.6 cm³/mol. The van der Waals surface area contributed by atoms with Crippen molar-refractivity contribution in [3.05, 3.63) is 23.7 Å². The lowest BCUT2D eigenvalue weighted by Crippen LogP contribution is -2.37. The molecule has 0 aromatic carbocycles. The minimum Gasteiger partial charge on any atom is -0.478 e. The molecule has 98 valence electrons. The molecule has 1 fully saturated rings. The van der Waals surface area contributed by atoms with E-state index in [-0.39, 0.29) is 17.4 Å². The largest absolute Gasteiger partial charge is 0.478 e. The molecule has 1 aromatic heterocycles. The molecule has 0 spiro atoms. The van der Waals surface area contributed by atoms with Crippen LogP contribution in [0.2, 0.25) is 0 Å². The summed E-state index contributed by atoms with van der Waals surface area (Å²) in [6, 6.07) is 1.42. The molecular formula is C13H17NO4. The van der Waals surface area contributed by atoms with Crippen molar-refractivity contribution in [2.75, 3.05) is 0 Å². The normalized spacial score (nSPS) is 23.6. The minimum absolute atomic E-state index is 0.0864. The lowest BCUT2D eigenvalue weighted by Gasteiger charge is -2.26. The van der Waals surface area contributed by atoms with Gasteiger partial charge in [-0.15, -0.1) is 0 Å². The van der Waals surface area contributed by atoms with Crippen LogP contribution in [0.3, 0.4) is 0 Å². The first-order chi connectivity index (χ1) is 8.58. The van der Waals surface area contributed by atoms with Crippen molar-refractivity contribution in [3.8, 4) is 0 Å². The minimum atomic E-state index is -1.15. The molecule has 5 nitrogen and oxygen atoms in total. The van der Waals surface area contributed by atoms with Gasteiger partial charge in [0.1, 0.15) is 5.56 Å². The van der Waals surface area contributed by atoms with Crippen molar-refractivity contribution >= 4 is 11.9 Å². The highest BCUT2D eigenvalue weighted by Crippen LogP contribution is 2.23. The number of carbonyl (C=O) groups is 2. The van der Waals surface area contributed by atoms with Gasteiger partial charge >= 0.3 is 5.97 Å². The smallest absolute Gasteiger partial charge is 0.339 e. The second-order valence-corrected chi connectivity index (χ2v) is 4.90. The maximum absolute atomic E-state index is 11.9. The fraction of sp³-hybridized carbons (Fsp3) is 0.538. The molecule has 1 aromatic rings. The number of aromatic carboxylic acids is 1. The van der Waals surface area contributed by atoms with Crippen molar-refractivity contribution in [2.45, 2.75) is 38.6 Å². The molecular weight excluding hydrogens is 234 g/mol. The number of amides is 1. The van der Waals surface area contributed by atoms with Gasteiger partial charge in [-0.25, -0.2) is 4.79 Å². The SMILES string of the molecule is CC1CCC(NC(=O)c2occc2C(=O)O)CC1. The Bertz CT molecular complexity index is 444. The van der Waals surface area contributed by atoms with Crippen LogP contribution in [-0.4, -0.2) is 23.0 Å². The van der Waals surface area contributed by atoms with E-state index in [1.807, 2.05) is 0 Å². The van der Waals surface area contributed by atoms with Gasteiger partial charge in [-0.2, -0.15) is 0 Å². The predicted octanol–water partition coefficient (Wildman–Crippen LogP) is 2.29. The molecule has 0 aliphatic heterocycles. The first-order valence-corrected chi connectivity index (χ1v) is 6.19. The van der Waals surface area contributed by atoms with Crippen LogP contribution in [0.5, 0.6) is 0 Å². The van der Waals surface area contributed by atoms with Gasteiger partial charge in [-0.1, -0.05) is 6.92 Å². The van der Waals surface area contributed by atoms with E-state index in [1.54, 1.807) is 0 Å². The zero-order valence-corrected chi connectivity index (χ0v) is 10.3. The van der Waals surface area contributed by atoms with Crippen molar-refractivity contribution < 1.29 is 19.1 Å². The van der Waals surface area contributed by atoms with Crippen LogP contribution in [0.4, 0.5) is 0 Å². The van der Waals surface area contributed by atoms with Crippen LogP contribution in [0.25, 0.3) is 0 Å². The summed E-state index contributed by atoms with van der Waals surface area (Å²) in [6.07, 6.45) is 5.29. The van der Waals surface area contributed by atoms with E-state index in [4.69, 9.17) is 9.52 Å². The van der Waals surface area contributed by atoms with E-state index in [0.717, 1.165) is 25.7 Å². The quantitative estimate of drug-likeness (QED) is 0.863. The Kier molecular flexibility index (Phi) is 3.69. The lowest BCUT2D eigenvalue weighted by molar-refractivity contribution is 0.0686. The average molecular weight is 251 g/mol. The molecule has 0 radical (unpaired) electrons. The van der Waals surface area contributed by atoms with Crippen molar-refractivity contribution in [2.24, 2.45) is 5.92 Å². The second kappa shape index (κ2) is 5.25. The lowest BCUT2D eigenvalue weighted by atomic mass is 9.87. The van der Waals surface area contributed by atoms with Crippen LogP contribution < -0.4 is 5.32 Å². The zero-order chi connectivity index (χ0) is 13.1. The van der Waals surface area contributed by atoms with E-state index in [2.05, 4.69) is 12.2 Å². The van der Waals surface area contributed by atoms with Gasteiger partial charge in [0, 0.05) is 6.04 Å². The van der Waals surface area contributed by atoms with E-state index >= 15 is 0 Å². The third kappa shape index (κ3) is 2.72. The summed E-state index contributed by atoms with van der Waals surface area (Å²) < 4.78 is 4.96. The number of furan rings is 1. The van der Waals surface area contributed by atoms with Gasteiger partial charge in [-0.05, 0) is 37.7 Å². The molecule has 1 saturated carbocycles. The molecule has 0 unspecified atom stereocenters. The summed E-state index contributed by atoms with van der Waals surface area (Å²) in [5.41, 5.74) is -0.0864. The molecule has 1 aliphatic carbocycles. The van der Waals surface area contributed by atoms with Crippen LogP contribution in [0.15, 0.2) is 16.7 Å². The Morgan fingerprint density at radius 1 is 1.33 bits per heavy atom. The number of carboxylic acids is 1. The molecule has 1 aliphatic rings. The van der Waals surface area contributed by atoms with Crippen LogP contribution in [-0.2, 0) is 0 Å². The maximum Gasteiger partial charge on any atom is 0.339 e. The highest BCUT2D eigenvalue weighted by molar-refractivity contribution is 6.02. The summed E-state index contributed by atoms with van der Waals surface area (Å²) >= 11 is 0. The van der Waals surface area contributed by atoms with E-state index in [0.29, 0.717) is 5.92 Å². The fourth-order valence-corrected chi connectivity index (χ4v) is 2.31. The topological polar surface area (TPSA) is 79.5 Å². The monoisotopic (exact) mass is 251 g/mol. The van der Waals surface area contributed by atoms with Gasteiger partial charge in [0.25, 0.3) is 5.91 Å². The molecule has 5 heteroatoms. The summed E-state index contributed by atoms with van der Waals surface area (Å²) in [5, 5.41) is 11.7. The Labute approximate surface area is 105 Å². The Morgan fingerprint density at radius 3 is 2.61 bits per heavy atom. The van der Waals surface area contributed by atoms with Gasteiger partial charge in [-0.3, -0.25) is 4.79 Å². The molecule has 0 atom stereocenters. The van der Waals surface area contributed by atoms with E-state index in [9.17, 15) is 9.59 Å². The summed E-state index contributed by atoms with van der Waals surface area (Å²) in [5.74, 6) is -0.986. The third-order valence-corrected chi connectivity index (χ3v) is 3.45. The van der Waals surface area contributed by atoms with Gasteiger partial charge in [0.05, 0.1) is 6.26 Å². The standard InChI is InChI=1S/C13H17NO4/c1-8-2-4-9(5-3-8)14-12(15)11-10(13(16)17)6-7-18-11/h6-9H,2-5H2,1H3,(H,14,15)(H,16,17). The molecule has 2 rings (SSSR count). The van der Waals surface area contributed by atoms with Gasteiger partial charge in [0.2, 0.25) is 5.76 Å². The van der Waals surface area contributed by atoms with Crippen molar-refractivity contribution in [1.29, 1.82) is 0 Å². The van der Waals surface area contributed by atoms with E-state index in [1.165, 1.54) is 12.3 Å². The van der Waals surface area contributed by atoms with Crippen molar-refractivity contribution in [3.63, 3.8) is 0 Å². The molecule has 0 saturated heterocycles. The van der Waals surface area contributed by atoms with Crippen molar-refractivity contribution in [1.82, 2.24) is 5.32 Å². The Hall–Kier alpha value is -1.78. The third-order valence-electron chi connectivity index (χ3n) is 3.45. The summed E-state index contributed by atoms with van der Waals surface area (Å²) in [7, 11) is 0. The Balaban J connectivity index is 1.99. The molecule has 1 heterocycles. The highest BCUT2D eigenvalue weighted by Gasteiger charge is 2.24. The first kappa shape index (κ1) is 12.7. The number of hydrogen-bond donors (Lipinski definition) is 2. The zero-order valence-electron chi connectivity index (χ0n) is 10.3. The van der Waals surface area contributed by atoms with Crippen LogP contribution in [0, 0.1) is 5.92 Å². The molecule has 0 bridgehead atoms. The van der Waals surface area contributed by atoms with Crippen LogP contribution >= 0.6 is 0 Å². The summed E-state index contributed by atoms with van der Waals surface area (Å²) in [6.45, 7) is 2.20. The maximum atomic E-state index is 11.9. The number of hydrogen-bond acceptors (Lipinski definition) is 3. The number of rotatable bonds is 3. The average Bonchev–Trinajstić information content (AvgIpc) is 2.81. The molecule has 18 heavy (non-hydrogen) atoms. The fourth-order valence-electron chi connectivity index (χ4n) is 2.31. The number of carbonyl (C=O) groups excluding carboxylic acids is 1. The van der Waals surface area contributed by atoms with Gasteiger partial charge < -0.3 is 14.8 Å². The summed E-state index contributed by atoms with van der Waals surface area (Å²) in [4.78, 5) is 22.8. The number of nitrogens with one attached hydrogen (secondary N) is 1. The number of carboxylic acid groups (broad SMARTS) is 1. The second-order valence-electron chi connectivity index (χ2n) is 4.90. The molecule has 1 amide bonds. The van der Waals surface area contributed by atoms with E-state index < -0.39 is 11.9 Å². The Morgan fingerprint density at radius 2 is 2.00 bits per heavy atom. The van der Waals surface area contributed by atoms with Crippen LogP contribution in [0.1, 0.15) is 53.5 Å². The molecule has 2 N–H and O–H groups in total. The van der Waals surface area contributed by atoms with Gasteiger partial charge in [0.15, 0.2) is 0 Å². The first-order valence-electron chi connectivity index (χ1n) is 6.19. The highest BCUT2D eigenvalue weighted by atomic mass is 16.4.